The number of unbranched alkanes of at least 4 members (excludes halogenated alkanes) is 1. The van der Waals surface area contributed by atoms with Gasteiger partial charge < -0.3 is 4.74 Å². The normalized spacial score (nSPS) is 10.7. The third-order valence-electron chi connectivity index (χ3n) is 2.63. The number of H-pyrrole nitrogens is 1. The van der Waals surface area contributed by atoms with Crippen molar-refractivity contribution >= 4 is 12.0 Å². The van der Waals surface area contributed by atoms with E-state index in [1.807, 2.05) is 24.3 Å². The number of aromatic nitrogens is 3. The van der Waals surface area contributed by atoms with E-state index in [0.717, 1.165) is 24.2 Å². The summed E-state index contributed by atoms with van der Waals surface area (Å²) in [6.07, 6.45) is 5.08. The lowest BCUT2D eigenvalue weighted by molar-refractivity contribution is 0.309. The third kappa shape index (κ3) is 4.72. The third-order valence-corrected chi connectivity index (χ3v) is 2.63. The van der Waals surface area contributed by atoms with Gasteiger partial charge in [-0.2, -0.15) is 15.2 Å². The largest absolute Gasteiger partial charge is 0.493 e. The fourth-order valence-corrected chi connectivity index (χ4v) is 1.58. The smallest absolute Gasteiger partial charge is 0.363 e. The van der Waals surface area contributed by atoms with E-state index in [9.17, 15) is 4.79 Å². The maximum absolute atomic E-state index is 11.0. The molecule has 1 heterocycles. The maximum atomic E-state index is 11.0. The second kappa shape index (κ2) is 7.78. The second-order valence-corrected chi connectivity index (χ2v) is 4.28. The number of hydrazone groups is 1. The zero-order valence-electron chi connectivity index (χ0n) is 11.7. The standard InChI is InChI=1S/C14H17N5O2/c1-2-3-8-21-12-7-5-4-6-11(12)9-15-18-13-10-16-19-14(20)17-13/h4-7,9-10H,2-3,8H2,1H3,(H2,17,18,19,20)/b15-9+. The molecule has 2 N–H and O–H groups in total. The molecule has 0 saturated heterocycles. The minimum atomic E-state index is -0.529. The number of para-hydroxylation sites is 1. The van der Waals surface area contributed by atoms with Crippen molar-refractivity contribution in [1.82, 2.24) is 15.2 Å². The van der Waals surface area contributed by atoms with Crippen molar-refractivity contribution in [3.8, 4) is 5.75 Å². The quantitative estimate of drug-likeness (QED) is 0.460. The number of hydrogen-bond acceptors (Lipinski definition) is 6. The zero-order chi connectivity index (χ0) is 14.9. The van der Waals surface area contributed by atoms with Crippen LogP contribution < -0.4 is 15.9 Å². The van der Waals surface area contributed by atoms with Gasteiger partial charge in [-0.15, -0.1) is 0 Å². The summed E-state index contributed by atoms with van der Waals surface area (Å²) in [6, 6.07) is 7.61. The highest BCUT2D eigenvalue weighted by Gasteiger charge is 2.00. The van der Waals surface area contributed by atoms with Gasteiger partial charge in [0, 0.05) is 5.56 Å². The first kappa shape index (κ1) is 14.7. The first-order valence-electron chi connectivity index (χ1n) is 6.72. The maximum Gasteiger partial charge on any atom is 0.363 e. The van der Waals surface area contributed by atoms with Crippen molar-refractivity contribution < 1.29 is 4.74 Å². The molecule has 2 aromatic rings. The van der Waals surface area contributed by atoms with Crippen LogP contribution in [-0.2, 0) is 0 Å². The molecule has 7 nitrogen and oxygen atoms in total. The number of ether oxygens (including phenoxy) is 1. The number of nitrogens with zero attached hydrogens (tertiary/aromatic N) is 3. The molecule has 0 fully saturated rings. The van der Waals surface area contributed by atoms with Gasteiger partial charge in [-0.1, -0.05) is 25.5 Å². The Hall–Kier alpha value is -2.70. The lowest BCUT2D eigenvalue weighted by Gasteiger charge is -2.07. The van der Waals surface area contributed by atoms with E-state index in [2.05, 4.69) is 32.6 Å². The van der Waals surface area contributed by atoms with Crippen LogP contribution in [0.5, 0.6) is 5.75 Å². The van der Waals surface area contributed by atoms with Crippen molar-refractivity contribution in [2.75, 3.05) is 12.0 Å². The van der Waals surface area contributed by atoms with Crippen LogP contribution in [0.3, 0.4) is 0 Å². The van der Waals surface area contributed by atoms with E-state index >= 15 is 0 Å². The van der Waals surface area contributed by atoms with Gasteiger partial charge in [0.2, 0.25) is 0 Å². The molecule has 1 aromatic heterocycles. The number of anilines is 1. The highest BCUT2D eigenvalue weighted by Crippen LogP contribution is 2.16. The van der Waals surface area contributed by atoms with Crippen molar-refractivity contribution in [2.24, 2.45) is 5.10 Å². The van der Waals surface area contributed by atoms with E-state index < -0.39 is 5.69 Å². The van der Waals surface area contributed by atoms with Crippen LogP contribution in [0.15, 0.2) is 40.4 Å². The summed E-state index contributed by atoms with van der Waals surface area (Å²) in [7, 11) is 0. The van der Waals surface area contributed by atoms with Gasteiger partial charge in [-0.25, -0.2) is 9.89 Å². The summed E-state index contributed by atoms with van der Waals surface area (Å²) >= 11 is 0. The van der Waals surface area contributed by atoms with E-state index in [0.29, 0.717) is 6.61 Å². The fraction of sp³-hybridized carbons (Fsp3) is 0.286. The van der Waals surface area contributed by atoms with Crippen molar-refractivity contribution in [1.29, 1.82) is 0 Å². The van der Waals surface area contributed by atoms with Gasteiger partial charge in [-0.05, 0) is 18.6 Å². The highest BCUT2D eigenvalue weighted by atomic mass is 16.5. The monoisotopic (exact) mass is 287 g/mol. The lowest BCUT2D eigenvalue weighted by atomic mass is 10.2. The fourth-order valence-electron chi connectivity index (χ4n) is 1.58. The Bertz CT molecular complexity index is 654. The Morgan fingerprint density at radius 1 is 1.43 bits per heavy atom. The van der Waals surface area contributed by atoms with E-state index in [1.54, 1.807) is 6.21 Å². The van der Waals surface area contributed by atoms with Gasteiger partial charge in [-0.3, -0.25) is 5.43 Å². The average Bonchev–Trinajstić information content (AvgIpc) is 2.49. The topological polar surface area (TPSA) is 92.3 Å². The van der Waals surface area contributed by atoms with E-state index in [-0.39, 0.29) is 5.82 Å². The minimum absolute atomic E-state index is 0.277. The second-order valence-electron chi connectivity index (χ2n) is 4.28. The van der Waals surface area contributed by atoms with Crippen LogP contribution in [0.25, 0.3) is 0 Å². The molecule has 0 saturated carbocycles. The predicted octanol–water partition coefficient (Wildman–Crippen LogP) is 1.79. The summed E-state index contributed by atoms with van der Waals surface area (Å²) < 4.78 is 5.70. The number of rotatable bonds is 7. The summed E-state index contributed by atoms with van der Waals surface area (Å²) in [6.45, 7) is 2.79. The molecular formula is C14H17N5O2. The first-order valence-corrected chi connectivity index (χ1v) is 6.72. The predicted molar refractivity (Wildman–Crippen MR) is 80.7 cm³/mol. The van der Waals surface area contributed by atoms with E-state index in [4.69, 9.17) is 4.74 Å². The molecule has 0 radical (unpaired) electrons. The highest BCUT2D eigenvalue weighted by molar-refractivity contribution is 5.83. The molecule has 1 aromatic carbocycles. The van der Waals surface area contributed by atoms with Gasteiger partial charge in [0.15, 0.2) is 5.82 Å². The Balaban J connectivity index is 2.01. The molecule has 0 aliphatic carbocycles. The Morgan fingerprint density at radius 2 is 2.29 bits per heavy atom. The van der Waals surface area contributed by atoms with Crippen LogP contribution >= 0.6 is 0 Å². The molecule has 0 unspecified atom stereocenters. The zero-order valence-corrected chi connectivity index (χ0v) is 11.7. The van der Waals surface area contributed by atoms with Crippen LogP contribution in [0.1, 0.15) is 25.3 Å². The molecular weight excluding hydrogens is 270 g/mol. The number of benzene rings is 1. The molecule has 7 heteroatoms. The van der Waals surface area contributed by atoms with Crippen LogP contribution in [0.4, 0.5) is 5.82 Å². The van der Waals surface area contributed by atoms with Crippen LogP contribution in [-0.4, -0.2) is 28.0 Å². The molecule has 0 aliphatic heterocycles. The number of hydrogen-bond donors (Lipinski definition) is 2. The molecule has 0 aliphatic rings. The molecule has 21 heavy (non-hydrogen) atoms. The number of nitrogens with one attached hydrogen (secondary N) is 2. The molecule has 0 amide bonds. The van der Waals surface area contributed by atoms with Crippen molar-refractivity contribution in [2.45, 2.75) is 19.8 Å². The first-order chi connectivity index (χ1) is 10.3. The number of aromatic amines is 1. The van der Waals surface area contributed by atoms with Gasteiger partial charge in [0.05, 0.1) is 19.0 Å². The van der Waals surface area contributed by atoms with Gasteiger partial charge in [0.25, 0.3) is 0 Å². The van der Waals surface area contributed by atoms with Crippen LogP contribution in [0.2, 0.25) is 0 Å². The van der Waals surface area contributed by atoms with Crippen molar-refractivity contribution in [3.05, 3.63) is 46.5 Å². The van der Waals surface area contributed by atoms with Crippen molar-refractivity contribution in [3.63, 3.8) is 0 Å². The summed E-state index contributed by atoms with van der Waals surface area (Å²) in [4.78, 5) is 14.6. The molecule has 110 valence electrons. The molecule has 0 spiro atoms. The average molecular weight is 287 g/mol. The van der Waals surface area contributed by atoms with Crippen LogP contribution in [0, 0.1) is 0 Å². The van der Waals surface area contributed by atoms with E-state index in [1.165, 1.54) is 6.20 Å². The molecule has 2 rings (SSSR count). The summed E-state index contributed by atoms with van der Waals surface area (Å²) in [5.74, 6) is 1.05. The minimum Gasteiger partial charge on any atom is -0.493 e. The Kier molecular flexibility index (Phi) is 5.45. The molecule has 0 atom stereocenters. The SMILES string of the molecule is CCCCOc1ccccc1/C=N/Nc1cn[nH]c(=O)n1. The summed E-state index contributed by atoms with van der Waals surface area (Å²) in [5, 5.41) is 9.84. The van der Waals surface area contributed by atoms with Gasteiger partial charge in [0.1, 0.15) is 5.75 Å². The Morgan fingerprint density at radius 3 is 3.10 bits per heavy atom. The lowest BCUT2D eigenvalue weighted by Crippen LogP contribution is -2.13. The molecule has 0 bridgehead atoms. The summed E-state index contributed by atoms with van der Waals surface area (Å²) in [5.41, 5.74) is 2.97. The van der Waals surface area contributed by atoms with Gasteiger partial charge >= 0.3 is 5.69 Å². The Labute approximate surface area is 122 Å².